The molecule has 0 saturated heterocycles. The lowest BCUT2D eigenvalue weighted by molar-refractivity contribution is 0.0877. The number of aryl methyl sites for hydroxylation is 1. The van der Waals surface area contributed by atoms with E-state index >= 15 is 0 Å². The molecular weight excluding hydrogens is 208 g/mol. The Balaban J connectivity index is 2.69. The minimum atomic E-state index is -0.404. The molecule has 0 aliphatic carbocycles. The van der Waals surface area contributed by atoms with E-state index < -0.39 is 5.54 Å². The van der Waals surface area contributed by atoms with Crippen LogP contribution in [0.15, 0.2) is 10.6 Å². The van der Waals surface area contributed by atoms with Gasteiger partial charge in [0.15, 0.2) is 5.69 Å². The summed E-state index contributed by atoms with van der Waals surface area (Å²) in [6.45, 7) is 5.64. The van der Waals surface area contributed by atoms with E-state index in [1.807, 2.05) is 13.8 Å². The number of rotatable bonds is 5. The predicted octanol–water partition coefficient (Wildman–Crippen LogP) is 1.26. The molecule has 0 unspecified atom stereocenters. The summed E-state index contributed by atoms with van der Waals surface area (Å²) in [5.74, 6) is 0.333. The van der Waals surface area contributed by atoms with Gasteiger partial charge in [-0.05, 0) is 26.7 Å². The van der Waals surface area contributed by atoms with Gasteiger partial charge < -0.3 is 14.9 Å². The molecule has 5 heteroatoms. The third-order valence-electron chi connectivity index (χ3n) is 2.72. The first-order valence-corrected chi connectivity index (χ1v) is 5.37. The zero-order chi connectivity index (χ0) is 12.2. The van der Waals surface area contributed by atoms with Crippen molar-refractivity contribution in [2.45, 2.75) is 39.2 Å². The SMILES string of the molecule is CC[C@](C)(CCO)NC(=O)c1cc(C)on1. The Bertz CT molecular complexity index is 362. The number of carbonyl (C=O) groups is 1. The lowest BCUT2D eigenvalue weighted by atomic mass is 9.95. The summed E-state index contributed by atoms with van der Waals surface area (Å²) in [5, 5.41) is 15.4. The summed E-state index contributed by atoms with van der Waals surface area (Å²) in [6.07, 6.45) is 1.27. The van der Waals surface area contributed by atoms with E-state index in [4.69, 9.17) is 9.63 Å². The van der Waals surface area contributed by atoms with Gasteiger partial charge in [-0.15, -0.1) is 0 Å². The fourth-order valence-electron chi connectivity index (χ4n) is 1.39. The highest BCUT2D eigenvalue weighted by Crippen LogP contribution is 2.15. The van der Waals surface area contributed by atoms with Gasteiger partial charge in [-0.2, -0.15) is 0 Å². The summed E-state index contributed by atoms with van der Waals surface area (Å²) < 4.78 is 4.83. The predicted molar refractivity (Wildman–Crippen MR) is 59.1 cm³/mol. The van der Waals surface area contributed by atoms with Crippen LogP contribution in [0.4, 0.5) is 0 Å². The van der Waals surface area contributed by atoms with Crippen molar-refractivity contribution in [2.75, 3.05) is 6.61 Å². The largest absolute Gasteiger partial charge is 0.396 e. The van der Waals surface area contributed by atoms with Crippen molar-refractivity contribution in [3.63, 3.8) is 0 Å². The Labute approximate surface area is 94.8 Å². The van der Waals surface area contributed by atoms with Gasteiger partial charge in [0, 0.05) is 18.2 Å². The second-order valence-corrected chi connectivity index (χ2v) is 4.16. The van der Waals surface area contributed by atoms with Crippen LogP contribution < -0.4 is 5.32 Å². The van der Waals surface area contributed by atoms with Crippen LogP contribution in [0.2, 0.25) is 0 Å². The Morgan fingerprint density at radius 3 is 2.81 bits per heavy atom. The van der Waals surface area contributed by atoms with Crippen LogP contribution >= 0.6 is 0 Å². The smallest absolute Gasteiger partial charge is 0.273 e. The van der Waals surface area contributed by atoms with Gasteiger partial charge in [0.05, 0.1) is 0 Å². The molecule has 0 aromatic carbocycles. The minimum Gasteiger partial charge on any atom is -0.396 e. The maximum atomic E-state index is 11.8. The number of amides is 1. The van der Waals surface area contributed by atoms with Crippen LogP contribution in [-0.2, 0) is 0 Å². The van der Waals surface area contributed by atoms with Crippen molar-refractivity contribution in [3.8, 4) is 0 Å². The molecule has 0 aliphatic heterocycles. The summed E-state index contributed by atoms with van der Waals surface area (Å²) in [5.41, 5.74) is -0.131. The third-order valence-corrected chi connectivity index (χ3v) is 2.72. The summed E-state index contributed by atoms with van der Waals surface area (Å²) in [4.78, 5) is 11.8. The van der Waals surface area contributed by atoms with Crippen molar-refractivity contribution >= 4 is 5.91 Å². The fraction of sp³-hybridized carbons (Fsp3) is 0.636. The molecule has 0 fully saturated rings. The monoisotopic (exact) mass is 226 g/mol. The molecule has 1 aromatic heterocycles. The van der Waals surface area contributed by atoms with Crippen molar-refractivity contribution < 1.29 is 14.4 Å². The van der Waals surface area contributed by atoms with Crippen molar-refractivity contribution in [2.24, 2.45) is 0 Å². The Morgan fingerprint density at radius 2 is 2.38 bits per heavy atom. The van der Waals surface area contributed by atoms with Crippen molar-refractivity contribution in [3.05, 3.63) is 17.5 Å². The molecular formula is C11H18N2O3. The Kier molecular flexibility index (Phi) is 4.06. The molecule has 16 heavy (non-hydrogen) atoms. The Hall–Kier alpha value is -1.36. The molecule has 2 N–H and O–H groups in total. The zero-order valence-corrected chi connectivity index (χ0v) is 9.91. The van der Waals surface area contributed by atoms with Gasteiger partial charge >= 0.3 is 0 Å². The quantitative estimate of drug-likeness (QED) is 0.792. The normalized spacial score (nSPS) is 14.5. The molecule has 1 aromatic rings. The maximum absolute atomic E-state index is 11.8. The number of aliphatic hydroxyl groups is 1. The second-order valence-electron chi connectivity index (χ2n) is 4.16. The number of carbonyl (C=O) groups excluding carboxylic acids is 1. The van der Waals surface area contributed by atoms with Crippen molar-refractivity contribution in [1.82, 2.24) is 10.5 Å². The van der Waals surface area contributed by atoms with E-state index in [0.717, 1.165) is 6.42 Å². The van der Waals surface area contributed by atoms with E-state index in [-0.39, 0.29) is 18.2 Å². The highest BCUT2D eigenvalue weighted by molar-refractivity contribution is 5.92. The van der Waals surface area contributed by atoms with Gasteiger partial charge in [-0.3, -0.25) is 4.79 Å². The molecule has 0 bridgehead atoms. The molecule has 1 rings (SSSR count). The molecule has 0 radical (unpaired) electrons. The van der Waals surface area contributed by atoms with E-state index in [9.17, 15) is 4.79 Å². The first-order chi connectivity index (χ1) is 7.50. The van der Waals surface area contributed by atoms with E-state index in [0.29, 0.717) is 12.2 Å². The average molecular weight is 226 g/mol. The second kappa shape index (κ2) is 5.12. The van der Waals surface area contributed by atoms with E-state index in [1.165, 1.54) is 0 Å². The number of nitrogens with zero attached hydrogens (tertiary/aromatic N) is 1. The molecule has 1 atom stereocenters. The summed E-state index contributed by atoms with van der Waals surface area (Å²) >= 11 is 0. The molecule has 1 amide bonds. The average Bonchev–Trinajstić information content (AvgIpc) is 2.65. The minimum absolute atomic E-state index is 0.0441. The Morgan fingerprint density at radius 1 is 1.69 bits per heavy atom. The standard InChI is InChI=1S/C11H18N2O3/c1-4-11(3,5-6-14)12-10(15)9-7-8(2)16-13-9/h7,14H,4-6H2,1-3H3,(H,12,15)/t11-/m1/s1. The lowest BCUT2D eigenvalue weighted by Gasteiger charge is -2.28. The molecule has 1 heterocycles. The van der Waals surface area contributed by atoms with Crippen LogP contribution in [0.25, 0.3) is 0 Å². The number of aliphatic hydroxyl groups excluding tert-OH is 1. The maximum Gasteiger partial charge on any atom is 0.273 e. The topological polar surface area (TPSA) is 75.4 Å². The first-order valence-electron chi connectivity index (χ1n) is 5.37. The highest BCUT2D eigenvalue weighted by atomic mass is 16.5. The summed E-state index contributed by atoms with van der Waals surface area (Å²) in [6, 6.07) is 1.59. The van der Waals surface area contributed by atoms with Gasteiger partial charge in [0.1, 0.15) is 5.76 Å². The van der Waals surface area contributed by atoms with Gasteiger partial charge in [-0.1, -0.05) is 12.1 Å². The zero-order valence-electron chi connectivity index (χ0n) is 9.91. The fourth-order valence-corrected chi connectivity index (χ4v) is 1.39. The molecule has 0 saturated carbocycles. The van der Waals surface area contributed by atoms with Crippen molar-refractivity contribution in [1.29, 1.82) is 0 Å². The molecule has 5 nitrogen and oxygen atoms in total. The lowest BCUT2D eigenvalue weighted by Crippen LogP contribution is -2.46. The van der Waals surface area contributed by atoms with Crippen LogP contribution in [0.1, 0.15) is 42.9 Å². The number of hydrogen-bond acceptors (Lipinski definition) is 4. The van der Waals surface area contributed by atoms with Crippen LogP contribution in [0.5, 0.6) is 0 Å². The van der Waals surface area contributed by atoms with Gasteiger partial charge in [0.25, 0.3) is 5.91 Å². The van der Waals surface area contributed by atoms with Crippen LogP contribution in [0.3, 0.4) is 0 Å². The van der Waals surface area contributed by atoms with Gasteiger partial charge in [0.2, 0.25) is 0 Å². The summed E-state index contributed by atoms with van der Waals surface area (Å²) in [7, 11) is 0. The number of hydrogen-bond donors (Lipinski definition) is 2. The number of aromatic nitrogens is 1. The van der Waals surface area contributed by atoms with Crippen LogP contribution in [-0.4, -0.2) is 28.3 Å². The van der Waals surface area contributed by atoms with E-state index in [2.05, 4.69) is 10.5 Å². The molecule has 90 valence electrons. The van der Waals surface area contributed by atoms with Gasteiger partial charge in [-0.25, -0.2) is 0 Å². The third kappa shape index (κ3) is 3.06. The van der Waals surface area contributed by atoms with E-state index in [1.54, 1.807) is 13.0 Å². The number of nitrogens with one attached hydrogen (secondary N) is 1. The highest BCUT2D eigenvalue weighted by Gasteiger charge is 2.25. The molecule has 0 aliphatic rings. The first kappa shape index (κ1) is 12.7. The van der Waals surface area contributed by atoms with Crippen LogP contribution in [0, 0.1) is 6.92 Å². The molecule has 0 spiro atoms.